The smallest absolute Gasteiger partial charge is 0.226 e. The summed E-state index contributed by atoms with van der Waals surface area (Å²) in [7, 11) is 1.63. The lowest BCUT2D eigenvalue weighted by Gasteiger charge is -2.36. The van der Waals surface area contributed by atoms with E-state index in [1.54, 1.807) is 24.6 Å². The van der Waals surface area contributed by atoms with Crippen molar-refractivity contribution < 1.29 is 14.3 Å². The van der Waals surface area contributed by atoms with E-state index < -0.39 is 0 Å². The van der Waals surface area contributed by atoms with E-state index in [1.807, 2.05) is 34.5 Å². The first-order valence-electron chi connectivity index (χ1n) is 9.14. The Kier molecular flexibility index (Phi) is 6.45. The number of aromatic nitrogens is 1. The summed E-state index contributed by atoms with van der Waals surface area (Å²) >= 11 is 1.54. The molecule has 2 unspecified atom stereocenters. The van der Waals surface area contributed by atoms with Crippen LogP contribution in [0.1, 0.15) is 36.4 Å². The number of nitrogens with zero attached hydrogens (tertiary/aromatic N) is 2. The highest BCUT2D eigenvalue weighted by molar-refractivity contribution is 7.09. The number of hydrogen-bond acceptors (Lipinski definition) is 5. The number of benzene rings is 1. The lowest BCUT2D eigenvalue weighted by molar-refractivity contribution is -0.132. The van der Waals surface area contributed by atoms with E-state index in [4.69, 9.17) is 4.74 Å². The molecule has 1 aliphatic rings. The van der Waals surface area contributed by atoms with E-state index in [1.165, 1.54) is 6.92 Å². The van der Waals surface area contributed by atoms with Crippen LogP contribution in [0, 0.1) is 5.92 Å². The number of rotatable bonds is 6. The normalized spacial score (nSPS) is 18.0. The Morgan fingerprint density at radius 2 is 2.15 bits per heavy atom. The third-order valence-electron chi connectivity index (χ3n) is 4.87. The fourth-order valence-electron chi connectivity index (χ4n) is 3.53. The molecule has 2 atom stereocenters. The van der Waals surface area contributed by atoms with Gasteiger partial charge in [0.05, 0.1) is 19.6 Å². The van der Waals surface area contributed by atoms with Crippen molar-refractivity contribution in [1.82, 2.24) is 15.2 Å². The number of hydrogen-bond donors (Lipinski definition) is 1. The molecule has 0 bridgehead atoms. The Morgan fingerprint density at radius 1 is 1.37 bits per heavy atom. The van der Waals surface area contributed by atoms with Gasteiger partial charge in [-0.2, -0.15) is 0 Å². The van der Waals surface area contributed by atoms with Crippen molar-refractivity contribution in [2.45, 2.75) is 32.2 Å². The Morgan fingerprint density at radius 3 is 2.78 bits per heavy atom. The quantitative estimate of drug-likeness (QED) is 0.827. The number of methoxy groups -OCH3 is 1. The first-order chi connectivity index (χ1) is 13.1. The highest BCUT2D eigenvalue weighted by atomic mass is 32.1. The molecule has 0 saturated carbocycles. The van der Waals surface area contributed by atoms with Gasteiger partial charge in [0.15, 0.2) is 0 Å². The van der Waals surface area contributed by atoms with Crippen LogP contribution in [0.5, 0.6) is 5.75 Å². The first kappa shape index (κ1) is 19.4. The summed E-state index contributed by atoms with van der Waals surface area (Å²) in [4.78, 5) is 30.8. The second-order valence-electron chi connectivity index (χ2n) is 6.82. The number of amides is 2. The molecule has 2 heterocycles. The minimum Gasteiger partial charge on any atom is -0.497 e. The van der Waals surface area contributed by atoms with E-state index in [9.17, 15) is 9.59 Å². The van der Waals surface area contributed by atoms with Gasteiger partial charge in [0, 0.05) is 37.5 Å². The van der Waals surface area contributed by atoms with Gasteiger partial charge in [-0.1, -0.05) is 12.1 Å². The summed E-state index contributed by atoms with van der Waals surface area (Å²) < 4.78 is 5.16. The summed E-state index contributed by atoms with van der Waals surface area (Å²) in [5.74, 6) is 1.00. The molecule has 1 aromatic carbocycles. The molecular weight excluding hydrogens is 362 g/mol. The number of ether oxygens (including phenoxy) is 1. The Labute approximate surface area is 163 Å². The molecular formula is C20H25N3O3S. The van der Waals surface area contributed by atoms with Crippen LogP contribution >= 0.6 is 11.3 Å². The molecule has 2 aromatic rings. The van der Waals surface area contributed by atoms with E-state index in [2.05, 4.69) is 10.3 Å². The molecule has 2 amide bonds. The van der Waals surface area contributed by atoms with E-state index in [0.29, 0.717) is 13.0 Å². The van der Waals surface area contributed by atoms with Crippen molar-refractivity contribution in [3.63, 3.8) is 0 Å². The number of carbonyl (C=O) groups excluding carboxylic acids is 2. The van der Waals surface area contributed by atoms with E-state index in [0.717, 1.165) is 35.7 Å². The number of piperidine rings is 1. The second kappa shape index (κ2) is 8.99. The zero-order valence-corrected chi connectivity index (χ0v) is 16.5. The molecule has 1 fully saturated rings. The lowest BCUT2D eigenvalue weighted by atomic mass is 9.90. The van der Waals surface area contributed by atoms with E-state index in [-0.39, 0.29) is 23.8 Å². The minimum atomic E-state index is -0.140. The summed E-state index contributed by atoms with van der Waals surface area (Å²) in [5.41, 5.74) is 0.973. The van der Waals surface area contributed by atoms with Gasteiger partial charge in [0.1, 0.15) is 10.8 Å². The van der Waals surface area contributed by atoms with Crippen LogP contribution in [-0.2, 0) is 16.0 Å². The van der Waals surface area contributed by atoms with Crippen LogP contribution in [0.2, 0.25) is 0 Å². The molecule has 27 heavy (non-hydrogen) atoms. The highest BCUT2D eigenvalue weighted by Crippen LogP contribution is 2.31. The van der Waals surface area contributed by atoms with Crippen LogP contribution < -0.4 is 10.1 Å². The zero-order valence-electron chi connectivity index (χ0n) is 15.7. The minimum absolute atomic E-state index is 0.0723. The van der Waals surface area contributed by atoms with Crippen LogP contribution in [0.25, 0.3) is 0 Å². The molecule has 1 aromatic heterocycles. The summed E-state index contributed by atoms with van der Waals surface area (Å²) in [5, 5.41) is 5.85. The number of carbonyl (C=O) groups is 2. The van der Waals surface area contributed by atoms with Gasteiger partial charge in [0.25, 0.3) is 0 Å². The highest BCUT2D eigenvalue weighted by Gasteiger charge is 2.32. The maximum absolute atomic E-state index is 12.8. The molecule has 0 aliphatic carbocycles. The Balaban J connectivity index is 1.66. The van der Waals surface area contributed by atoms with Gasteiger partial charge in [-0.3, -0.25) is 9.59 Å². The SMILES string of the molecule is COc1ccc(CC(=O)N2CCCC(C(NC(C)=O)c3nccs3)C2)cc1. The maximum atomic E-state index is 12.8. The predicted octanol–water partition coefficient (Wildman–Crippen LogP) is 2.81. The number of nitrogens with one attached hydrogen (secondary N) is 1. The standard InChI is InChI=1S/C20H25N3O3S/c1-14(24)22-19(20-21-9-11-27-20)16-4-3-10-23(13-16)18(25)12-15-5-7-17(26-2)8-6-15/h5-9,11,16,19H,3-4,10,12-13H2,1-2H3,(H,22,24). The predicted molar refractivity (Wildman–Crippen MR) is 105 cm³/mol. The van der Waals surface area contributed by atoms with Gasteiger partial charge in [0.2, 0.25) is 11.8 Å². The largest absolute Gasteiger partial charge is 0.497 e. The molecule has 1 N–H and O–H groups in total. The van der Waals surface area contributed by atoms with Crippen LogP contribution in [-0.4, -0.2) is 41.9 Å². The molecule has 0 radical (unpaired) electrons. The molecule has 1 aliphatic heterocycles. The number of thiazole rings is 1. The third-order valence-corrected chi connectivity index (χ3v) is 5.73. The van der Waals surface area contributed by atoms with Gasteiger partial charge >= 0.3 is 0 Å². The zero-order chi connectivity index (χ0) is 19.2. The van der Waals surface area contributed by atoms with Gasteiger partial charge in [-0.15, -0.1) is 11.3 Å². The summed E-state index contributed by atoms with van der Waals surface area (Å²) in [6, 6.07) is 7.45. The van der Waals surface area contributed by atoms with E-state index >= 15 is 0 Å². The fraction of sp³-hybridized carbons (Fsp3) is 0.450. The first-order valence-corrected chi connectivity index (χ1v) is 10.0. The molecule has 0 spiro atoms. The van der Waals surface area contributed by atoms with Crippen molar-refractivity contribution in [3.8, 4) is 5.75 Å². The van der Waals surface area contributed by atoms with Crippen molar-refractivity contribution in [1.29, 1.82) is 0 Å². The second-order valence-corrected chi connectivity index (χ2v) is 7.74. The average molecular weight is 388 g/mol. The summed E-state index contributed by atoms with van der Waals surface area (Å²) in [6.07, 6.45) is 4.03. The van der Waals surface area contributed by atoms with Crippen molar-refractivity contribution >= 4 is 23.2 Å². The fourth-order valence-corrected chi connectivity index (χ4v) is 4.31. The summed E-state index contributed by atoms with van der Waals surface area (Å²) in [6.45, 7) is 2.92. The molecule has 144 valence electrons. The topological polar surface area (TPSA) is 71.5 Å². The van der Waals surface area contributed by atoms with Crippen molar-refractivity contribution in [2.75, 3.05) is 20.2 Å². The molecule has 6 nitrogen and oxygen atoms in total. The Bertz CT molecular complexity index is 761. The lowest BCUT2D eigenvalue weighted by Crippen LogP contribution is -2.45. The average Bonchev–Trinajstić information content (AvgIpc) is 3.21. The number of likely N-dealkylation sites (tertiary alicyclic amines) is 1. The maximum Gasteiger partial charge on any atom is 0.226 e. The Hall–Kier alpha value is -2.41. The van der Waals surface area contributed by atoms with Crippen LogP contribution in [0.4, 0.5) is 0 Å². The van der Waals surface area contributed by atoms with Gasteiger partial charge < -0.3 is 15.0 Å². The monoisotopic (exact) mass is 387 g/mol. The van der Waals surface area contributed by atoms with Crippen molar-refractivity contribution in [2.24, 2.45) is 5.92 Å². The molecule has 3 rings (SSSR count). The van der Waals surface area contributed by atoms with Crippen LogP contribution in [0.3, 0.4) is 0 Å². The van der Waals surface area contributed by atoms with Gasteiger partial charge in [-0.05, 0) is 30.5 Å². The van der Waals surface area contributed by atoms with Crippen molar-refractivity contribution in [3.05, 3.63) is 46.4 Å². The molecule has 1 saturated heterocycles. The van der Waals surface area contributed by atoms with Crippen LogP contribution in [0.15, 0.2) is 35.8 Å². The molecule has 7 heteroatoms. The third kappa shape index (κ3) is 5.07. The van der Waals surface area contributed by atoms with Gasteiger partial charge in [-0.25, -0.2) is 4.98 Å².